The Kier molecular flexibility index (Phi) is 2.46. The van der Waals surface area contributed by atoms with Crippen molar-refractivity contribution < 1.29 is 4.42 Å². The minimum atomic E-state index is 0.355. The summed E-state index contributed by atoms with van der Waals surface area (Å²) in [4.78, 5) is 4.61. The van der Waals surface area contributed by atoms with E-state index in [1.54, 1.807) is 0 Å². The Hall–Kier alpha value is -0.870. The zero-order valence-corrected chi connectivity index (χ0v) is 8.83. The van der Waals surface area contributed by atoms with Crippen LogP contribution in [0.2, 0.25) is 0 Å². The molecule has 3 rings (SSSR count). The van der Waals surface area contributed by atoms with E-state index in [-0.39, 0.29) is 0 Å². The Labute approximate surface area is 89.5 Å². The van der Waals surface area contributed by atoms with E-state index in [0.29, 0.717) is 12.0 Å². The van der Waals surface area contributed by atoms with E-state index >= 15 is 0 Å². The molecule has 0 aromatic carbocycles. The van der Waals surface area contributed by atoms with Crippen molar-refractivity contribution in [3.8, 4) is 0 Å². The summed E-state index contributed by atoms with van der Waals surface area (Å²) in [6.07, 6.45) is 5.41. The Bertz CT molecular complexity index is 294. The predicted molar refractivity (Wildman–Crippen MR) is 56.7 cm³/mol. The van der Waals surface area contributed by atoms with E-state index < -0.39 is 0 Å². The molecular formula is C11H17N3O. The molecule has 0 saturated carbocycles. The molecule has 3 heterocycles. The van der Waals surface area contributed by atoms with Gasteiger partial charge < -0.3 is 15.1 Å². The molecule has 2 aliphatic heterocycles. The second-order valence-corrected chi connectivity index (χ2v) is 4.45. The maximum atomic E-state index is 5.56. The fourth-order valence-corrected chi connectivity index (χ4v) is 2.45. The van der Waals surface area contributed by atoms with E-state index in [0.717, 1.165) is 37.6 Å². The van der Waals surface area contributed by atoms with Crippen LogP contribution in [0.5, 0.6) is 0 Å². The molecular weight excluding hydrogens is 190 g/mol. The van der Waals surface area contributed by atoms with Gasteiger partial charge in [-0.3, -0.25) is 0 Å². The molecule has 2 unspecified atom stereocenters. The zero-order chi connectivity index (χ0) is 10.1. The van der Waals surface area contributed by atoms with Crippen LogP contribution in [0.3, 0.4) is 0 Å². The third kappa shape index (κ3) is 1.79. The number of nitrogens with zero attached hydrogens (tertiary/aromatic N) is 1. The average molecular weight is 207 g/mol. The summed E-state index contributed by atoms with van der Waals surface area (Å²) in [6, 6.07) is 0.355. The molecule has 2 aliphatic rings. The molecule has 82 valence electrons. The lowest BCUT2D eigenvalue weighted by Crippen LogP contribution is -2.13. The van der Waals surface area contributed by atoms with Gasteiger partial charge in [0, 0.05) is 12.5 Å². The first-order valence-corrected chi connectivity index (χ1v) is 5.83. The maximum Gasteiger partial charge on any atom is 0.211 e. The van der Waals surface area contributed by atoms with Gasteiger partial charge in [-0.25, -0.2) is 4.98 Å². The third-order valence-electron chi connectivity index (χ3n) is 3.38. The van der Waals surface area contributed by atoms with Gasteiger partial charge in [-0.05, 0) is 32.4 Å². The lowest BCUT2D eigenvalue weighted by molar-refractivity contribution is 0.429. The van der Waals surface area contributed by atoms with Crippen molar-refractivity contribution in [2.45, 2.75) is 31.2 Å². The highest BCUT2D eigenvalue weighted by molar-refractivity contribution is 5.09. The molecule has 1 aromatic rings. The first-order valence-electron chi connectivity index (χ1n) is 5.83. The predicted octanol–water partition coefficient (Wildman–Crippen LogP) is 1.18. The van der Waals surface area contributed by atoms with E-state index in [1.165, 1.54) is 12.8 Å². The van der Waals surface area contributed by atoms with Crippen molar-refractivity contribution in [1.82, 2.24) is 15.6 Å². The van der Waals surface area contributed by atoms with Crippen molar-refractivity contribution in [3.05, 3.63) is 17.8 Å². The molecule has 2 saturated heterocycles. The van der Waals surface area contributed by atoms with Crippen LogP contribution < -0.4 is 10.6 Å². The molecule has 0 spiro atoms. The summed E-state index contributed by atoms with van der Waals surface area (Å²) < 4.78 is 5.56. The second kappa shape index (κ2) is 3.94. The zero-order valence-electron chi connectivity index (χ0n) is 8.83. The van der Waals surface area contributed by atoms with Gasteiger partial charge in [0.1, 0.15) is 6.26 Å². The van der Waals surface area contributed by atoms with E-state index in [4.69, 9.17) is 4.42 Å². The SMILES string of the molecule is c1oc(C2CCCN2)nc1C1CCNC1. The van der Waals surface area contributed by atoms with Crippen LogP contribution in [0.25, 0.3) is 0 Å². The van der Waals surface area contributed by atoms with Gasteiger partial charge in [0.2, 0.25) is 5.89 Å². The van der Waals surface area contributed by atoms with E-state index in [1.807, 2.05) is 6.26 Å². The number of hydrogen-bond donors (Lipinski definition) is 2. The normalized spacial score (nSPS) is 31.2. The standard InChI is InChI=1S/C11H17N3O/c1-2-9(13-4-1)11-14-10(7-15-11)8-3-5-12-6-8/h7-9,12-13H,1-6H2. The minimum absolute atomic E-state index is 0.355. The molecule has 2 atom stereocenters. The van der Waals surface area contributed by atoms with Crippen LogP contribution in [0.15, 0.2) is 10.7 Å². The van der Waals surface area contributed by atoms with Crippen LogP contribution in [-0.4, -0.2) is 24.6 Å². The van der Waals surface area contributed by atoms with Crippen molar-refractivity contribution in [2.24, 2.45) is 0 Å². The summed E-state index contributed by atoms with van der Waals surface area (Å²) in [6.45, 7) is 3.24. The average Bonchev–Trinajstić information content (AvgIpc) is 3.02. The van der Waals surface area contributed by atoms with Gasteiger partial charge in [0.15, 0.2) is 0 Å². The molecule has 0 bridgehead atoms. The number of hydrogen-bond acceptors (Lipinski definition) is 4. The molecule has 4 nitrogen and oxygen atoms in total. The molecule has 4 heteroatoms. The van der Waals surface area contributed by atoms with Gasteiger partial charge >= 0.3 is 0 Å². The first-order chi connectivity index (χ1) is 7.43. The summed E-state index contributed by atoms with van der Waals surface area (Å²) >= 11 is 0. The number of rotatable bonds is 2. The smallest absolute Gasteiger partial charge is 0.211 e. The van der Waals surface area contributed by atoms with E-state index in [9.17, 15) is 0 Å². The summed E-state index contributed by atoms with van der Waals surface area (Å²) in [7, 11) is 0. The van der Waals surface area contributed by atoms with Crippen LogP contribution in [-0.2, 0) is 0 Å². The lowest BCUT2D eigenvalue weighted by Gasteiger charge is -2.04. The fraction of sp³-hybridized carbons (Fsp3) is 0.727. The lowest BCUT2D eigenvalue weighted by atomic mass is 10.1. The van der Waals surface area contributed by atoms with Gasteiger partial charge in [-0.15, -0.1) is 0 Å². The molecule has 0 radical (unpaired) electrons. The van der Waals surface area contributed by atoms with Gasteiger partial charge in [-0.2, -0.15) is 0 Å². The number of nitrogens with one attached hydrogen (secondary N) is 2. The number of oxazole rings is 1. The van der Waals surface area contributed by atoms with Crippen molar-refractivity contribution in [1.29, 1.82) is 0 Å². The maximum absolute atomic E-state index is 5.56. The fourth-order valence-electron chi connectivity index (χ4n) is 2.45. The summed E-state index contributed by atoms with van der Waals surface area (Å²) in [5, 5.41) is 6.76. The molecule has 2 fully saturated rings. The molecule has 2 N–H and O–H groups in total. The van der Waals surface area contributed by atoms with Crippen molar-refractivity contribution in [3.63, 3.8) is 0 Å². The highest BCUT2D eigenvalue weighted by Crippen LogP contribution is 2.26. The van der Waals surface area contributed by atoms with E-state index in [2.05, 4.69) is 15.6 Å². The van der Waals surface area contributed by atoms with Crippen LogP contribution in [0.4, 0.5) is 0 Å². The molecule has 0 amide bonds. The molecule has 0 aliphatic carbocycles. The minimum Gasteiger partial charge on any atom is -0.447 e. The summed E-state index contributed by atoms with van der Waals surface area (Å²) in [5.74, 6) is 1.44. The van der Waals surface area contributed by atoms with Crippen molar-refractivity contribution >= 4 is 0 Å². The van der Waals surface area contributed by atoms with Gasteiger partial charge in [0.25, 0.3) is 0 Å². The number of aromatic nitrogens is 1. The van der Waals surface area contributed by atoms with Crippen LogP contribution in [0, 0.1) is 0 Å². The largest absolute Gasteiger partial charge is 0.447 e. The third-order valence-corrected chi connectivity index (χ3v) is 3.38. The Morgan fingerprint density at radius 1 is 1.33 bits per heavy atom. The molecule has 1 aromatic heterocycles. The topological polar surface area (TPSA) is 50.1 Å². The Balaban J connectivity index is 1.74. The second-order valence-electron chi connectivity index (χ2n) is 4.45. The summed E-state index contributed by atoms with van der Waals surface area (Å²) in [5.41, 5.74) is 1.13. The Morgan fingerprint density at radius 2 is 2.33 bits per heavy atom. The van der Waals surface area contributed by atoms with Crippen LogP contribution in [0.1, 0.15) is 42.8 Å². The highest BCUT2D eigenvalue weighted by Gasteiger charge is 2.24. The quantitative estimate of drug-likeness (QED) is 0.764. The first kappa shape index (κ1) is 9.36. The monoisotopic (exact) mass is 207 g/mol. The Morgan fingerprint density at radius 3 is 3.07 bits per heavy atom. The van der Waals surface area contributed by atoms with Crippen molar-refractivity contribution in [2.75, 3.05) is 19.6 Å². The van der Waals surface area contributed by atoms with Gasteiger partial charge in [-0.1, -0.05) is 0 Å². The van der Waals surface area contributed by atoms with Crippen LogP contribution >= 0.6 is 0 Å². The van der Waals surface area contributed by atoms with Gasteiger partial charge in [0.05, 0.1) is 11.7 Å². The molecule has 15 heavy (non-hydrogen) atoms. The highest BCUT2D eigenvalue weighted by atomic mass is 16.3.